The zero-order valence-electron chi connectivity index (χ0n) is 10.5. The lowest BCUT2D eigenvalue weighted by Crippen LogP contribution is -2.40. The highest BCUT2D eigenvalue weighted by Gasteiger charge is 2.19. The van der Waals surface area contributed by atoms with Crippen LogP contribution in [0.1, 0.15) is 25.8 Å². The second-order valence-electron chi connectivity index (χ2n) is 4.36. The second-order valence-corrected chi connectivity index (χ2v) is 5.22. The number of rotatable bonds is 4. The van der Waals surface area contributed by atoms with Crippen LogP contribution in [-0.4, -0.2) is 11.9 Å². The molecule has 1 aromatic rings. The lowest BCUT2D eigenvalue weighted by Gasteiger charge is -2.18. The minimum atomic E-state index is -0.455. The van der Waals surface area contributed by atoms with E-state index in [1.54, 1.807) is 0 Å². The monoisotopic (exact) mass is 298 g/mol. The first-order chi connectivity index (χ1) is 7.95. The first-order valence-corrected chi connectivity index (χ1v) is 6.57. The van der Waals surface area contributed by atoms with Gasteiger partial charge in [0.2, 0.25) is 5.91 Å². The van der Waals surface area contributed by atoms with E-state index in [1.165, 1.54) is 0 Å². The van der Waals surface area contributed by atoms with E-state index >= 15 is 0 Å². The van der Waals surface area contributed by atoms with E-state index in [0.29, 0.717) is 0 Å². The van der Waals surface area contributed by atoms with E-state index in [2.05, 4.69) is 21.2 Å². The van der Waals surface area contributed by atoms with Crippen LogP contribution in [0.15, 0.2) is 22.7 Å². The molecule has 0 heterocycles. The van der Waals surface area contributed by atoms with Gasteiger partial charge in [-0.25, -0.2) is 0 Å². The SMILES string of the molecule is CCC(C)C(N)C(=O)Nc1ccc(Br)c(C)c1. The summed E-state index contributed by atoms with van der Waals surface area (Å²) < 4.78 is 1.03. The Kier molecular flexibility index (Phi) is 5.15. The molecule has 3 N–H and O–H groups in total. The molecule has 0 spiro atoms. The normalized spacial score (nSPS) is 14.2. The van der Waals surface area contributed by atoms with Crippen molar-refractivity contribution in [3.05, 3.63) is 28.2 Å². The number of carbonyl (C=O) groups excluding carboxylic acids is 1. The summed E-state index contributed by atoms with van der Waals surface area (Å²) >= 11 is 3.42. The molecular weight excluding hydrogens is 280 g/mol. The van der Waals surface area contributed by atoms with Crippen molar-refractivity contribution >= 4 is 27.5 Å². The number of nitrogens with two attached hydrogens (primary N) is 1. The Balaban J connectivity index is 2.71. The number of aryl methyl sites for hydroxylation is 1. The minimum absolute atomic E-state index is 0.124. The highest BCUT2D eigenvalue weighted by atomic mass is 79.9. The molecule has 94 valence electrons. The fourth-order valence-electron chi connectivity index (χ4n) is 1.46. The number of amides is 1. The first kappa shape index (κ1) is 14.2. The second kappa shape index (κ2) is 6.17. The number of benzene rings is 1. The molecule has 0 fully saturated rings. The molecule has 0 radical (unpaired) electrons. The van der Waals surface area contributed by atoms with E-state index in [1.807, 2.05) is 39.0 Å². The summed E-state index contributed by atoms with van der Waals surface area (Å²) in [6, 6.07) is 5.24. The Morgan fingerprint density at radius 1 is 1.53 bits per heavy atom. The molecule has 17 heavy (non-hydrogen) atoms. The van der Waals surface area contributed by atoms with Crippen LogP contribution in [-0.2, 0) is 4.79 Å². The third-order valence-corrected chi connectivity index (χ3v) is 3.87. The van der Waals surface area contributed by atoms with Gasteiger partial charge < -0.3 is 11.1 Å². The minimum Gasteiger partial charge on any atom is -0.325 e. The van der Waals surface area contributed by atoms with E-state index in [4.69, 9.17) is 5.73 Å². The van der Waals surface area contributed by atoms with Crippen LogP contribution < -0.4 is 11.1 Å². The molecule has 0 saturated carbocycles. The van der Waals surface area contributed by atoms with Gasteiger partial charge in [-0.15, -0.1) is 0 Å². The van der Waals surface area contributed by atoms with E-state index in [-0.39, 0.29) is 11.8 Å². The smallest absolute Gasteiger partial charge is 0.241 e. The van der Waals surface area contributed by atoms with Crippen LogP contribution in [0.2, 0.25) is 0 Å². The summed E-state index contributed by atoms with van der Waals surface area (Å²) in [6.07, 6.45) is 0.897. The summed E-state index contributed by atoms with van der Waals surface area (Å²) in [4.78, 5) is 11.9. The topological polar surface area (TPSA) is 55.1 Å². The van der Waals surface area contributed by atoms with Crippen LogP contribution in [0.25, 0.3) is 0 Å². The highest BCUT2D eigenvalue weighted by molar-refractivity contribution is 9.10. The molecule has 1 aromatic carbocycles. The molecule has 0 aliphatic carbocycles. The predicted octanol–water partition coefficient (Wildman–Crippen LogP) is 3.07. The van der Waals surface area contributed by atoms with Crippen molar-refractivity contribution in [1.82, 2.24) is 0 Å². The Bertz CT molecular complexity index is 406. The average molecular weight is 299 g/mol. The van der Waals surface area contributed by atoms with Gasteiger partial charge in [-0.1, -0.05) is 36.2 Å². The van der Waals surface area contributed by atoms with Crippen molar-refractivity contribution in [1.29, 1.82) is 0 Å². The Labute approximate surface area is 111 Å². The van der Waals surface area contributed by atoms with Gasteiger partial charge in [-0.05, 0) is 36.6 Å². The van der Waals surface area contributed by atoms with E-state index in [9.17, 15) is 4.79 Å². The molecule has 0 bridgehead atoms. The maximum atomic E-state index is 11.9. The number of carbonyl (C=O) groups is 1. The van der Waals surface area contributed by atoms with Gasteiger partial charge in [0.05, 0.1) is 6.04 Å². The zero-order chi connectivity index (χ0) is 13.0. The maximum Gasteiger partial charge on any atom is 0.241 e. The molecule has 0 saturated heterocycles. The van der Waals surface area contributed by atoms with Crippen molar-refractivity contribution < 1.29 is 4.79 Å². The summed E-state index contributed by atoms with van der Waals surface area (Å²) in [5.41, 5.74) is 7.74. The zero-order valence-corrected chi connectivity index (χ0v) is 12.0. The van der Waals surface area contributed by atoms with Crippen molar-refractivity contribution in [2.75, 3.05) is 5.32 Å². The van der Waals surface area contributed by atoms with Gasteiger partial charge in [-0.2, -0.15) is 0 Å². The number of hydrogen-bond donors (Lipinski definition) is 2. The number of nitrogens with one attached hydrogen (secondary N) is 1. The molecule has 3 nitrogen and oxygen atoms in total. The fraction of sp³-hybridized carbons (Fsp3) is 0.462. The van der Waals surface area contributed by atoms with E-state index < -0.39 is 6.04 Å². The van der Waals surface area contributed by atoms with Gasteiger partial charge in [0, 0.05) is 10.2 Å². The van der Waals surface area contributed by atoms with Gasteiger partial charge in [0.25, 0.3) is 0 Å². The van der Waals surface area contributed by atoms with Gasteiger partial charge in [0.15, 0.2) is 0 Å². The Morgan fingerprint density at radius 3 is 2.71 bits per heavy atom. The third kappa shape index (κ3) is 3.82. The maximum absolute atomic E-state index is 11.9. The largest absolute Gasteiger partial charge is 0.325 e. The van der Waals surface area contributed by atoms with Crippen molar-refractivity contribution in [2.24, 2.45) is 11.7 Å². The molecule has 4 heteroatoms. The molecule has 0 aliphatic rings. The Morgan fingerprint density at radius 2 is 2.18 bits per heavy atom. The summed E-state index contributed by atoms with van der Waals surface area (Å²) in [5, 5.41) is 2.84. The average Bonchev–Trinajstić information content (AvgIpc) is 2.31. The van der Waals surface area contributed by atoms with E-state index in [0.717, 1.165) is 22.1 Å². The van der Waals surface area contributed by atoms with Crippen LogP contribution in [0.4, 0.5) is 5.69 Å². The van der Waals surface area contributed by atoms with Gasteiger partial charge in [-0.3, -0.25) is 4.79 Å². The Hall–Kier alpha value is -0.870. The fourth-order valence-corrected chi connectivity index (χ4v) is 1.71. The quantitative estimate of drug-likeness (QED) is 0.897. The predicted molar refractivity (Wildman–Crippen MR) is 74.9 cm³/mol. The molecule has 1 rings (SSSR count). The number of hydrogen-bond acceptors (Lipinski definition) is 2. The third-order valence-electron chi connectivity index (χ3n) is 2.99. The lowest BCUT2D eigenvalue weighted by molar-refractivity contribution is -0.118. The summed E-state index contributed by atoms with van der Waals surface area (Å²) in [6.45, 7) is 5.99. The molecular formula is C13H19BrN2O. The first-order valence-electron chi connectivity index (χ1n) is 5.78. The standard InChI is InChI=1S/C13H19BrN2O/c1-4-8(2)12(15)13(17)16-10-5-6-11(14)9(3)7-10/h5-8,12H,4,15H2,1-3H3,(H,16,17). The van der Waals surface area contributed by atoms with Crippen molar-refractivity contribution in [3.63, 3.8) is 0 Å². The summed E-state index contributed by atoms with van der Waals surface area (Å²) in [5.74, 6) is 0.0626. The lowest BCUT2D eigenvalue weighted by atomic mass is 9.99. The van der Waals surface area contributed by atoms with Crippen molar-refractivity contribution in [2.45, 2.75) is 33.2 Å². The van der Waals surface area contributed by atoms with Gasteiger partial charge >= 0.3 is 0 Å². The van der Waals surface area contributed by atoms with Crippen molar-refractivity contribution in [3.8, 4) is 0 Å². The van der Waals surface area contributed by atoms with Gasteiger partial charge in [0.1, 0.15) is 0 Å². The molecule has 2 atom stereocenters. The van der Waals surface area contributed by atoms with Crippen LogP contribution in [0, 0.1) is 12.8 Å². The molecule has 2 unspecified atom stereocenters. The number of halogens is 1. The highest BCUT2D eigenvalue weighted by Crippen LogP contribution is 2.20. The van der Waals surface area contributed by atoms with Crippen LogP contribution in [0.3, 0.4) is 0 Å². The number of anilines is 1. The van der Waals surface area contributed by atoms with Crippen LogP contribution >= 0.6 is 15.9 Å². The summed E-state index contributed by atoms with van der Waals surface area (Å²) in [7, 11) is 0. The molecule has 0 aliphatic heterocycles. The van der Waals surface area contributed by atoms with Crippen LogP contribution in [0.5, 0.6) is 0 Å². The molecule has 0 aromatic heterocycles. The molecule has 1 amide bonds.